The lowest BCUT2D eigenvalue weighted by molar-refractivity contribution is 0.0903. The first kappa shape index (κ1) is 17.9. The number of pyridine rings is 1. The van der Waals surface area contributed by atoms with Gasteiger partial charge in [-0.3, -0.25) is 0 Å². The van der Waals surface area contributed by atoms with Crippen LogP contribution in [0.4, 0.5) is 11.8 Å². The minimum absolute atomic E-state index is 0.255. The Balaban J connectivity index is 1.61. The van der Waals surface area contributed by atoms with Crippen molar-refractivity contribution in [3.05, 3.63) is 36.2 Å². The van der Waals surface area contributed by atoms with Crippen molar-refractivity contribution in [3.63, 3.8) is 0 Å². The van der Waals surface area contributed by atoms with Crippen molar-refractivity contribution >= 4 is 28.4 Å². The predicted molar refractivity (Wildman–Crippen MR) is 111 cm³/mol. The molecule has 4 heterocycles. The van der Waals surface area contributed by atoms with E-state index >= 15 is 0 Å². The summed E-state index contributed by atoms with van der Waals surface area (Å²) in [6.45, 7) is 1.96. The fourth-order valence-corrected chi connectivity index (χ4v) is 3.81. The van der Waals surface area contributed by atoms with Gasteiger partial charge in [0.2, 0.25) is 5.95 Å². The van der Waals surface area contributed by atoms with Gasteiger partial charge in [0, 0.05) is 31.9 Å². The molecule has 1 aliphatic rings. The molecule has 1 saturated heterocycles. The maximum absolute atomic E-state index is 5.87. The van der Waals surface area contributed by atoms with Gasteiger partial charge in [0.15, 0.2) is 5.65 Å². The predicted octanol–water partition coefficient (Wildman–Crippen LogP) is 2.59. The fraction of sp³-hybridized carbons (Fsp3) is 0.350. The fourth-order valence-electron chi connectivity index (χ4n) is 3.81. The Hall–Kier alpha value is -3.17. The zero-order valence-corrected chi connectivity index (χ0v) is 16.2. The van der Waals surface area contributed by atoms with Gasteiger partial charge in [-0.1, -0.05) is 6.07 Å². The van der Waals surface area contributed by atoms with Crippen molar-refractivity contribution in [2.75, 3.05) is 31.4 Å². The number of aromatic amines is 1. The van der Waals surface area contributed by atoms with Gasteiger partial charge < -0.3 is 25.5 Å². The van der Waals surface area contributed by atoms with E-state index < -0.39 is 0 Å². The average Bonchev–Trinajstić information content (AvgIpc) is 3.31. The van der Waals surface area contributed by atoms with Gasteiger partial charge >= 0.3 is 0 Å². The second-order valence-electron chi connectivity index (χ2n) is 7.22. The van der Waals surface area contributed by atoms with Crippen LogP contribution in [0.3, 0.4) is 0 Å². The molecule has 150 valence electrons. The van der Waals surface area contributed by atoms with Crippen molar-refractivity contribution in [2.45, 2.75) is 25.5 Å². The SMILES string of the molecule is COCc1nc2ccc(-c3ccc4nc(N)nn4c3NC3CCOCC3)cc2[nH]1. The topological polar surface area (TPSA) is 115 Å². The number of nitrogens with two attached hydrogens (primary N) is 1. The van der Waals surface area contributed by atoms with Crippen LogP contribution >= 0.6 is 0 Å². The summed E-state index contributed by atoms with van der Waals surface area (Å²) in [5.74, 6) is 1.94. The molecule has 9 heteroatoms. The monoisotopic (exact) mass is 393 g/mol. The van der Waals surface area contributed by atoms with Crippen LogP contribution in [0.2, 0.25) is 0 Å². The van der Waals surface area contributed by atoms with Crippen LogP contribution in [0.15, 0.2) is 30.3 Å². The largest absolute Gasteiger partial charge is 0.381 e. The molecule has 5 rings (SSSR count). The van der Waals surface area contributed by atoms with E-state index in [4.69, 9.17) is 15.2 Å². The third-order valence-corrected chi connectivity index (χ3v) is 5.20. The Morgan fingerprint density at radius 3 is 2.93 bits per heavy atom. The van der Waals surface area contributed by atoms with Crippen LogP contribution < -0.4 is 11.1 Å². The van der Waals surface area contributed by atoms with E-state index in [1.165, 1.54) is 0 Å². The van der Waals surface area contributed by atoms with E-state index in [2.05, 4.69) is 43.6 Å². The van der Waals surface area contributed by atoms with E-state index in [0.29, 0.717) is 18.3 Å². The Morgan fingerprint density at radius 2 is 2.10 bits per heavy atom. The van der Waals surface area contributed by atoms with E-state index in [0.717, 1.165) is 59.9 Å². The number of H-pyrrole nitrogens is 1. The normalized spacial score (nSPS) is 15.3. The van der Waals surface area contributed by atoms with Crippen molar-refractivity contribution in [3.8, 4) is 11.1 Å². The smallest absolute Gasteiger partial charge is 0.240 e. The Bertz CT molecular complexity index is 1160. The number of aromatic nitrogens is 5. The molecule has 0 saturated carbocycles. The number of benzene rings is 1. The van der Waals surface area contributed by atoms with Crippen LogP contribution in [0.25, 0.3) is 27.8 Å². The van der Waals surface area contributed by atoms with Crippen LogP contribution in [0.1, 0.15) is 18.7 Å². The lowest BCUT2D eigenvalue weighted by Gasteiger charge is -2.25. The lowest BCUT2D eigenvalue weighted by Crippen LogP contribution is -2.29. The van der Waals surface area contributed by atoms with Gasteiger partial charge in [-0.05, 0) is 42.7 Å². The molecule has 1 aliphatic heterocycles. The number of anilines is 2. The Morgan fingerprint density at radius 1 is 1.24 bits per heavy atom. The highest BCUT2D eigenvalue weighted by atomic mass is 16.5. The minimum atomic E-state index is 0.255. The molecule has 0 amide bonds. The molecule has 0 bridgehead atoms. The van der Waals surface area contributed by atoms with Gasteiger partial charge in [0.1, 0.15) is 18.2 Å². The molecule has 3 aromatic heterocycles. The second kappa shape index (κ2) is 7.34. The molecular formula is C20H23N7O2. The molecule has 29 heavy (non-hydrogen) atoms. The number of imidazole rings is 1. The van der Waals surface area contributed by atoms with Crippen LogP contribution in [-0.4, -0.2) is 50.9 Å². The zero-order chi connectivity index (χ0) is 19.8. The highest BCUT2D eigenvalue weighted by Gasteiger charge is 2.19. The summed E-state index contributed by atoms with van der Waals surface area (Å²) in [6, 6.07) is 10.5. The molecule has 0 atom stereocenters. The summed E-state index contributed by atoms with van der Waals surface area (Å²) < 4.78 is 12.5. The first-order valence-electron chi connectivity index (χ1n) is 9.69. The highest BCUT2D eigenvalue weighted by molar-refractivity contribution is 5.86. The van der Waals surface area contributed by atoms with Gasteiger partial charge in [-0.15, -0.1) is 5.10 Å². The van der Waals surface area contributed by atoms with E-state index in [-0.39, 0.29) is 5.95 Å². The van der Waals surface area contributed by atoms with Crippen molar-refractivity contribution in [1.29, 1.82) is 0 Å². The number of methoxy groups -OCH3 is 1. The summed E-state index contributed by atoms with van der Waals surface area (Å²) in [4.78, 5) is 12.2. The Labute approximate surface area is 167 Å². The molecule has 1 fully saturated rings. The molecule has 4 N–H and O–H groups in total. The number of nitrogens with one attached hydrogen (secondary N) is 2. The maximum Gasteiger partial charge on any atom is 0.240 e. The standard InChI is InChI=1S/C20H23N7O2/c1-28-11-17-23-15-4-2-12(10-16(15)24-17)14-3-5-18-25-20(21)26-27(18)19(14)22-13-6-8-29-9-7-13/h2-5,10,13,22H,6-9,11H2,1H3,(H2,21,26)(H,23,24). The molecule has 0 aliphatic carbocycles. The summed E-state index contributed by atoms with van der Waals surface area (Å²) in [6.07, 6.45) is 1.89. The molecule has 1 aromatic carbocycles. The third kappa shape index (κ3) is 3.39. The zero-order valence-electron chi connectivity index (χ0n) is 16.2. The third-order valence-electron chi connectivity index (χ3n) is 5.20. The van der Waals surface area contributed by atoms with E-state index in [1.54, 1.807) is 11.6 Å². The molecule has 4 aromatic rings. The number of fused-ring (bicyclic) bond motifs is 2. The number of nitrogen functional groups attached to an aromatic ring is 1. The van der Waals surface area contributed by atoms with Gasteiger partial charge in [0.05, 0.1) is 11.0 Å². The molecule has 0 radical (unpaired) electrons. The van der Waals surface area contributed by atoms with Crippen molar-refractivity contribution in [2.24, 2.45) is 0 Å². The number of hydrogen-bond acceptors (Lipinski definition) is 7. The first-order valence-corrected chi connectivity index (χ1v) is 9.69. The number of ether oxygens (including phenoxy) is 2. The average molecular weight is 393 g/mol. The van der Waals surface area contributed by atoms with Crippen molar-refractivity contribution < 1.29 is 9.47 Å². The maximum atomic E-state index is 5.87. The molecule has 0 spiro atoms. The lowest BCUT2D eigenvalue weighted by atomic mass is 10.0. The quantitative estimate of drug-likeness (QED) is 0.477. The number of hydrogen-bond donors (Lipinski definition) is 3. The summed E-state index contributed by atoms with van der Waals surface area (Å²) in [5, 5.41) is 8.07. The number of rotatable bonds is 5. The van der Waals surface area contributed by atoms with Crippen LogP contribution in [0.5, 0.6) is 0 Å². The van der Waals surface area contributed by atoms with E-state index in [1.807, 2.05) is 12.1 Å². The van der Waals surface area contributed by atoms with Crippen molar-refractivity contribution in [1.82, 2.24) is 24.6 Å². The van der Waals surface area contributed by atoms with Gasteiger partial charge in [-0.2, -0.15) is 9.50 Å². The highest BCUT2D eigenvalue weighted by Crippen LogP contribution is 2.32. The minimum Gasteiger partial charge on any atom is -0.381 e. The van der Waals surface area contributed by atoms with E-state index in [9.17, 15) is 0 Å². The molecular weight excluding hydrogens is 370 g/mol. The van der Waals surface area contributed by atoms with Crippen LogP contribution in [-0.2, 0) is 16.1 Å². The second-order valence-corrected chi connectivity index (χ2v) is 7.22. The molecule has 0 unspecified atom stereocenters. The molecule has 9 nitrogen and oxygen atoms in total. The van der Waals surface area contributed by atoms with Crippen LogP contribution in [0, 0.1) is 0 Å². The van der Waals surface area contributed by atoms with Gasteiger partial charge in [-0.25, -0.2) is 4.98 Å². The Kier molecular flexibility index (Phi) is 4.53. The van der Waals surface area contributed by atoms with Gasteiger partial charge in [0.25, 0.3) is 0 Å². The summed E-state index contributed by atoms with van der Waals surface area (Å²) in [7, 11) is 1.66. The number of nitrogens with zero attached hydrogens (tertiary/aromatic N) is 4. The summed E-state index contributed by atoms with van der Waals surface area (Å²) >= 11 is 0. The first-order chi connectivity index (χ1) is 14.2. The summed E-state index contributed by atoms with van der Waals surface area (Å²) in [5.41, 5.74) is 10.5.